The molecule has 104 valence electrons. The van der Waals surface area contributed by atoms with Crippen molar-refractivity contribution in [1.29, 1.82) is 0 Å². The number of carbonyl (C=O) groups excluding carboxylic acids is 1. The quantitative estimate of drug-likeness (QED) is 0.504. The third kappa shape index (κ3) is 3.57. The van der Waals surface area contributed by atoms with Gasteiger partial charge in [-0.1, -0.05) is 25.4 Å². The average Bonchev–Trinajstić information content (AvgIpc) is 2.31. The first-order valence-corrected chi connectivity index (χ1v) is 6.16. The third-order valence-corrected chi connectivity index (χ3v) is 3.24. The molecule has 0 aromatic heterocycles. The number of benzene rings is 1. The molecule has 0 spiro atoms. The molecule has 0 aliphatic heterocycles. The van der Waals surface area contributed by atoms with Gasteiger partial charge in [-0.15, -0.1) is 0 Å². The Balaban J connectivity index is 3.08. The second kappa shape index (κ2) is 5.88. The Morgan fingerprint density at radius 1 is 1.42 bits per heavy atom. The Labute approximate surface area is 116 Å². The van der Waals surface area contributed by atoms with Gasteiger partial charge in [-0.2, -0.15) is 0 Å². The van der Waals surface area contributed by atoms with Crippen LogP contribution in [0.4, 0.5) is 11.4 Å². The Morgan fingerprint density at radius 2 is 2.00 bits per heavy atom. The van der Waals surface area contributed by atoms with Gasteiger partial charge in [0.2, 0.25) is 0 Å². The van der Waals surface area contributed by atoms with Crippen LogP contribution in [0.15, 0.2) is 12.1 Å². The van der Waals surface area contributed by atoms with Crippen molar-refractivity contribution in [3.63, 3.8) is 0 Å². The number of anilines is 1. The zero-order chi connectivity index (χ0) is 14.7. The van der Waals surface area contributed by atoms with Crippen LogP contribution in [0.25, 0.3) is 0 Å². The maximum Gasteiger partial charge on any atom is 0.294 e. The van der Waals surface area contributed by atoms with Crippen molar-refractivity contribution in [2.75, 3.05) is 5.73 Å². The summed E-state index contributed by atoms with van der Waals surface area (Å²) in [5.41, 5.74) is 5.12. The molecule has 1 atom stereocenters. The van der Waals surface area contributed by atoms with Crippen LogP contribution in [-0.4, -0.2) is 16.9 Å². The van der Waals surface area contributed by atoms with E-state index in [4.69, 9.17) is 17.3 Å². The number of nitro benzene ring substituents is 1. The van der Waals surface area contributed by atoms with Gasteiger partial charge < -0.3 is 11.1 Å². The summed E-state index contributed by atoms with van der Waals surface area (Å²) in [6.07, 6.45) is 0. The van der Waals surface area contributed by atoms with Gasteiger partial charge in [-0.3, -0.25) is 14.9 Å². The van der Waals surface area contributed by atoms with Crippen molar-refractivity contribution in [2.45, 2.75) is 26.8 Å². The summed E-state index contributed by atoms with van der Waals surface area (Å²) in [7, 11) is 0. The topological polar surface area (TPSA) is 98.3 Å². The van der Waals surface area contributed by atoms with Crippen molar-refractivity contribution in [2.24, 2.45) is 5.92 Å². The van der Waals surface area contributed by atoms with Crippen LogP contribution >= 0.6 is 11.6 Å². The van der Waals surface area contributed by atoms with E-state index in [-0.39, 0.29) is 33.9 Å². The number of halogens is 1. The van der Waals surface area contributed by atoms with Crippen molar-refractivity contribution >= 4 is 28.9 Å². The van der Waals surface area contributed by atoms with Crippen LogP contribution in [0.5, 0.6) is 0 Å². The maximum absolute atomic E-state index is 12.0. The molecule has 0 heterocycles. The molecule has 1 unspecified atom stereocenters. The van der Waals surface area contributed by atoms with Crippen molar-refractivity contribution in [3.8, 4) is 0 Å². The lowest BCUT2D eigenvalue weighted by molar-refractivity contribution is -0.383. The molecule has 0 radical (unpaired) electrons. The normalized spacial score (nSPS) is 12.3. The fourth-order valence-electron chi connectivity index (χ4n) is 1.34. The van der Waals surface area contributed by atoms with Crippen LogP contribution in [0.1, 0.15) is 31.1 Å². The Kier molecular flexibility index (Phi) is 4.72. The maximum atomic E-state index is 12.0. The lowest BCUT2D eigenvalue weighted by Crippen LogP contribution is -2.36. The highest BCUT2D eigenvalue weighted by Gasteiger charge is 2.20. The summed E-state index contributed by atoms with van der Waals surface area (Å²) in [6.45, 7) is 5.78. The zero-order valence-corrected chi connectivity index (χ0v) is 11.7. The third-order valence-electron chi connectivity index (χ3n) is 2.93. The van der Waals surface area contributed by atoms with Crippen molar-refractivity contribution in [3.05, 3.63) is 32.8 Å². The van der Waals surface area contributed by atoms with Gasteiger partial charge in [0, 0.05) is 17.7 Å². The van der Waals surface area contributed by atoms with E-state index in [9.17, 15) is 14.9 Å². The summed E-state index contributed by atoms with van der Waals surface area (Å²) in [5, 5.41) is 13.6. The lowest BCUT2D eigenvalue weighted by atomic mass is 10.1. The molecule has 0 bridgehead atoms. The number of carbonyl (C=O) groups is 1. The van der Waals surface area contributed by atoms with E-state index in [2.05, 4.69) is 5.32 Å². The second-order valence-corrected chi connectivity index (χ2v) is 5.06. The summed E-state index contributed by atoms with van der Waals surface area (Å²) < 4.78 is 0. The number of hydrogen-bond donors (Lipinski definition) is 2. The average molecular weight is 286 g/mol. The Morgan fingerprint density at radius 3 is 2.47 bits per heavy atom. The molecular formula is C12H16ClN3O3. The molecule has 19 heavy (non-hydrogen) atoms. The fraction of sp³-hybridized carbons (Fsp3) is 0.417. The molecule has 0 fully saturated rings. The molecule has 0 aliphatic rings. The first kappa shape index (κ1) is 15.2. The molecule has 1 aromatic rings. The molecular weight excluding hydrogens is 270 g/mol. The predicted octanol–water partition coefficient (Wildman–Crippen LogP) is 2.60. The fourth-order valence-corrected chi connectivity index (χ4v) is 1.56. The minimum Gasteiger partial charge on any atom is -0.392 e. The standard InChI is InChI=1S/C12H16ClN3O3/c1-6(2)7(3)15-12(17)8-4-9(13)11(14)10(5-8)16(18)19/h4-7H,14H2,1-3H3,(H,15,17). The summed E-state index contributed by atoms with van der Waals surface area (Å²) in [5.74, 6) is -0.158. The first-order chi connectivity index (χ1) is 8.73. The van der Waals surface area contributed by atoms with Gasteiger partial charge in [0.15, 0.2) is 0 Å². The van der Waals surface area contributed by atoms with Crippen LogP contribution in [-0.2, 0) is 0 Å². The minimum atomic E-state index is -0.663. The first-order valence-electron chi connectivity index (χ1n) is 5.78. The van der Waals surface area contributed by atoms with E-state index >= 15 is 0 Å². The van der Waals surface area contributed by atoms with Crippen molar-refractivity contribution in [1.82, 2.24) is 5.32 Å². The molecule has 0 saturated heterocycles. The van der Waals surface area contributed by atoms with Gasteiger partial charge in [0.05, 0.1) is 9.95 Å². The monoisotopic (exact) mass is 285 g/mol. The highest BCUT2D eigenvalue weighted by atomic mass is 35.5. The van der Waals surface area contributed by atoms with Gasteiger partial charge in [0.25, 0.3) is 11.6 Å². The molecule has 1 aromatic carbocycles. The number of nitrogens with one attached hydrogen (secondary N) is 1. The number of nitro groups is 1. The number of rotatable bonds is 4. The summed E-state index contributed by atoms with van der Waals surface area (Å²) >= 11 is 5.80. The number of hydrogen-bond acceptors (Lipinski definition) is 4. The van der Waals surface area contributed by atoms with Crippen LogP contribution in [0.3, 0.4) is 0 Å². The number of nitrogens with two attached hydrogens (primary N) is 1. The van der Waals surface area contributed by atoms with Gasteiger partial charge in [-0.05, 0) is 18.9 Å². The molecule has 6 nitrogen and oxygen atoms in total. The number of nitrogens with zero attached hydrogens (tertiary/aromatic N) is 1. The predicted molar refractivity (Wildman–Crippen MR) is 74.3 cm³/mol. The van der Waals surface area contributed by atoms with Gasteiger partial charge in [0.1, 0.15) is 5.69 Å². The zero-order valence-electron chi connectivity index (χ0n) is 10.9. The van der Waals surface area contributed by atoms with Crippen LogP contribution in [0, 0.1) is 16.0 Å². The van der Waals surface area contributed by atoms with E-state index in [0.29, 0.717) is 0 Å². The Bertz CT molecular complexity index is 517. The lowest BCUT2D eigenvalue weighted by Gasteiger charge is -2.17. The van der Waals surface area contributed by atoms with E-state index in [1.165, 1.54) is 6.07 Å². The minimum absolute atomic E-state index is 0.00319. The molecule has 1 amide bonds. The second-order valence-electron chi connectivity index (χ2n) is 4.65. The summed E-state index contributed by atoms with van der Waals surface area (Å²) in [6, 6.07) is 2.40. The van der Waals surface area contributed by atoms with E-state index < -0.39 is 10.8 Å². The summed E-state index contributed by atoms with van der Waals surface area (Å²) in [4.78, 5) is 22.1. The Hall–Kier alpha value is -1.82. The molecule has 0 aliphatic carbocycles. The largest absolute Gasteiger partial charge is 0.392 e. The van der Waals surface area contributed by atoms with Gasteiger partial charge >= 0.3 is 0 Å². The van der Waals surface area contributed by atoms with Crippen LogP contribution in [0.2, 0.25) is 5.02 Å². The van der Waals surface area contributed by atoms with E-state index in [1.807, 2.05) is 20.8 Å². The smallest absolute Gasteiger partial charge is 0.294 e. The molecule has 0 saturated carbocycles. The van der Waals surface area contributed by atoms with Crippen molar-refractivity contribution < 1.29 is 9.72 Å². The SMILES string of the molecule is CC(C)C(C)NC(=O)c1cc(Cl)c(N)c([N+](=O)[O-])c1. The van der Waals surface area contributed by atoms with E-state index in [1.54, 1.807) is 0 Å². The van der Waals surface area contributed by atoms with Crippen LogP contribution < -0.4 is 11.1 Å². The number of amides is 1. The molecule has 1 rings (SSSR count). The number of nitrogen functional groups attached to an aromatic ring is 1. The molecule has 7 heteroatoms. The van der Waals surface area contributed by atoms with E-state index in [0.717, 1.165) is 6.07 Å². The highest BCUT2D eigenvalue weighted by molar-refractivity contribution is 6.34. The van der Waals surface area contributed by atoms with Gasteiger partial charge in [-0.25, -0.2) is 0 Å². The molecule has 3 N–H and O–H groups in total. The highest BCUT2D eigenvalue weighted by Crippen LogP contribution is 2.30.